The lowest BCUT2D eigenvalue weighted by atomic mass is 9.86. The van der Waals surface area contributed by atoms with Crippen LogP contribution >= 0.6 is 11.3 Å². The third-order valence-electron chi connectivity index (χ3n) is 3.54. The van der Waals surface area contributed by atoms with E-state index < -0.39 is 0 Å². The maximum absolute atomic E-state index is 12.5. The lowest BCUT2D eigenvalue weighted by Gasteiger charge is -2.28. The Bertz CT molecular complexity index is 461. The monoisotopic (exact) mass is 262 g/mol. The SMILES string of the molecule is CCN(CCC#N)C(=O)C1CCCc2sccc21. The summed E-state index contributed by atoms with van der Waals surface area (Å²) in [7, 11) is 0. The maximum atomic E-state index is 12.5. The van der Waals surface area contributed by atoms with E-state index in [0.717, 1.165) is 19.3 Å². The number of amides is 1. The van der Waals surface area contributed by atoms with Crippen molar-refractivity contribution in [2.75, 3.05) is 13.1 Å². The zero-order valence-corrected chi connectivity index (χ0v) is 11.5. The number of fused-ring (bicyclic) bond motifs is 1. The van der Waals surface area contributed by atoms with Crippen molar-refractivity contribution in [2.24, 2.45) is 0 Å². The van der Waals surface area contributed by atoms with Crippen LogP contribution in [0, 0.1) is 11.3 Å². The molecule has 0 aromatic carbocycles. The van der Waals surface area contributed by atoms with E-state index in [1.54, 1.807) is 11.3 Å². The summed E-state index contributed by atoms with van der Waals surface area (Å²) in [4.78, 5) is 15.7. The quantitative estimate of drug-likeness (QED) is 0.837. The van der Waals surface area contributed by atoms with Crippen LogP contribution in [0.4, 0.5) is 0 Å². The minimum Gasteiger partial charge on any atom is -0.341 e. The Kier molecular flexibility index (Phi) is 4.38. The number of carbonyl (C=O) groups is 1. The molecule has 0 saturated carbocycles. The molecule has 0 spiro atoms. The third-order valence-corrected chi connectivity index (χ3v) is 4.53. The van der Waals surface area contributed by atoms with Gasteiger partial charge in [0.2, 0.25) is 5.91 Å². The minimum atomic E-state index is 0.0265. The molecule has 96 valence electrons. The first-order chi connectivity index (χ1) is 8.77. The van der Waals surface area contributed by atoms with Crippen molar-refractivity contribution >= 4 is 17.2 Å². The number of likely N-dealkylation sites (N-methyl/N-ethyl adjacent to an activating group) is 1. The fourth-order valence-corrected chi connectivity index (χ4v) is 3.56. The van der Waals surface area contributed by atoms with Crippen LogP contribution in [-0.4, -0.2) is 23.9 Å². The normalized spacial score (nSPS) is 17.9. The molecule has 1 aromatic rings. The van der Waals surface area contributed by atoms with Crippen LogP contribution < -0.4 is 0 Å². The van der Waals surface area contributed by atoms with E-state index in [9.17, 15) is 4.79 Å². The molecule has 4 heteroatoms. The summed E-state index contributed by atoms with van der Waals surface area (Å²) >= 11 is 1.76. The van der Waals surface area contributed by atoms with Gasteiger partial charge >= 0.3 is 0 Å². The van der Waals surface area contributed by atoms with Gasteiger partial charge < -0.3 is 4.90 Å². The Labute approximate surface area is 112 Å². The smallest absolute Gasteiger partial charge is 0.230 e. The Hall–Kier alpha value is -1.34. The Morgan fingerprint density at radius 1 is 1.67 bits per heavy atom. The molecule has 1 unspecified atom stereocenters. The van der Waals surface area contributed by atoms with Gasteiger partial charge in [0, 0.05) is 18.0 Å². The predicted octanol–water partition coefficient (Wildman–Crippen LogP) is 2.93. The van der Waals surface area contributed by atoms with E-state index in [1.807, 2.05) is 11.8 Å². The van der Waals surface area contributed by atoms with E-state index in [2.05, 4.69) is 17.5 Å². The van der Waals surface area contributed by atoms with Gasteiger partial charge in [-0.05, 0) is 43.2 Å². The van der Waals surface area contributed by atoms with Crippen LogP contribution in [0.3, 0.4) is 0 Å². The van der Waals surface area contributed by atoms with Gasteiger partial charge in [-0.15, -0.1) is 11.3 Å². The summed E-state index contributed by atoms with van der Waals surface area (Å²) in [5.74, 6) is 0.228. The van der Waals surface area contributed by atoms with Crippen molar-refractivity contribution in [3.8, 4) is 6.07 Å². The summed E-state index contributed by atoms with van der Waals surface area (Å²) in [6, 6.07) is 4.21. The van der Waals surface area contributed by atoms with Crippen LogP contribution in [0.15, 0.2) is 11.4 Å². The van der Waals surface area contributed by atoms with Gasteiger partial charge in [0.1, 0.15) is 0 Å². The maximum Gasteiger partial charge on any atom is 0.230 e. The average molecular weight is 262 g/mol. The second kappa shape index (κ2) is 6.01. The fourth-order valence-electron chi connectivity index (χ4n) is 2.57. The molecule has 1 atom stereocenters. The number of hydrogen-bond acceptors (Lipinski definition) is 3. The first-order valence-electron chi connectivity index (χ1n) is 6.50. The highest BCUT2D eigenvalue weighted by molar-refractivity contribution is 7.10. The molecule has 0 bridgehead atoms. The van der Waals surface area contributed by atoms with E-state index >= 15 is 0 Å². The Balaban J connectivity index is 2.12. The van der Waals surface area contributed by atoms with Gasteiger partial charge in [-0.3, -0.25) is 4.79 Å². The van der Waals surface area contributed by atoms with Crippen molar-refractivity contribution in [1.82, 2.24) is 4.90 Å². The van der Waals surface area contributed by atoms with Crippen LogP contribution in [-0.2, 0) is 11.2 Å². The molecular weight excluding hydrogens is 244 g/mol. The summed E-state index contributed by atoms with van der Waals surface area (Å²) < 4.78 is 0. The number of aryl methyl sites for hydroxylation is 1. The van der Waals surface area contributed by atoms with E-state index in [1.165, 1.54) is 10.4 Å². The Morgan fingerprint density at radius 3 is 3.22 bits per heavy atom. The molecule has 0 saturated heterocycles. The molecule has 0 aliphatic heterocycles. The summed E-state index contributed by atoms with van der Waals surface area (Å²) in [6.45, 7) is 3.23. The number of nitrogens with zero attached hydrogens (tertiary/aromatic N) is 2. The molecule has 0 fully saturated rings. The van der Waals surface area contributed by atoms with E-state index in [-0.39, 0.29) is 11.8 Å². The summed E-state index contributed by atoms with van der Waals surface area (Å²) in [5.41, 5.74) is 1.23. The van der Waals surface area contributed by atoms with Gasteiger partial charge in [0.15, 0.2) is 0 Å². The molecule has 18 heavy (non-hydrogen) atoms. The second-order valence-electron chi connectivity index (χ2n) is 4.57. The Morgan fingerprint density at radius 2 is 2.50 bits per heavy atom. The van der Waals surface area contributed by atoms with Crippen LogP contribution in [0.2, 0.25) is 0 Å². The molecule has 0 N–H and O–H groups in total. The van der Waals surface area contributed by atoms with Gasteiger partial charge in [-0.1, -0.05) is 0 Å². The lowest BCUT2D eigenvalue weighted by Crippen LogP contribution is -2.36. The van der Waals surface area contributed by atoms with Crippen molar-refractivity contribution in [2.45, 2.75) is 38.5 Å². The fraction of sp³-hybridized carbons (Fsp3) is 0.571. The van der Waals surface area contributed by atoms with E-state index in [0.29, 0.717) is 19.5 Å². The third kappa shape index (κ3) is 2.56. The van der Waals surface area contributed by atoms with Gasteiger partial charge in [0.25, 0.3) is 0 Å². The number of carbonyl (C=O) groups excluding carboxylic acids is 1. The van der Waals surface area contributed by atoms with Gasteiger partial charge in [0.05, 0.1) is 18.4 Å². The molecule has 1 amide bonds. The predicted molar refractivity (Wildman–Crippen MR) is 72.5 cm³/mol. The first kappa shape index (κ1) is 13.1. The number of nitriles is 1. The molecular formula is C14H18N2OS. The van der Waals surface area contributed by atoms with Crippen LogP contribution in [0.5, 0.6) is 0 Å². The molecule has 1 aromatic heterocycles. The van der Waals surface area contributed by atoms with Crippen molar-refractivity contribution in [3.05, 3.63) is 21.9 Å². The first-order valence-corrected chi connectivity index (χ1v) is 7.38. The van der Waals surface area contributed by atoms with Crippen molar-refractivity contribution in [3.63, 3.8) is 0 Å². The van der Waals surface area contributed by atoms with Crippen molar-refractivity contribution in [1.29, 1.82) is 5.26 Å². The standard InChI is InChI=1S/C14H18N2OS/c1-2-16(9-4-8-15)14(17)12-5-3-6-13-11(12)7-10-18-13/h7,10,12H,2-6,9H2,1H3. The molecule has 3 nitrogen and oxygen atoms in total. The highest BCUT2D eigenvalue weighted by Gasteiger charge is 2.29. The zero-order valence-electron chi connectivity index (χ0n) is 10.7. The van der Waals surface area contributed by atoms with Gasteiger partial charge in [-0.25, -0.2) is 0 Å². The van der Waals surface area contributed by atoms with Gasteiger partial charge in [-0.2, -0.15) is 5.26 Å². The number of thiophene rings is 1. The number of rotatable bonds is 4. The molecule has 1 aliphatic rings. The zero-order chi connectivity index (χ0) is 13.0. The number of hydrogen-bond donors (Lipinski definition) is 0. The van der Waals surface area contributed by atoms with Crippen LogP contribution in [0.1, 0.15) is 42.5 Å². The van der Waals surface area contributed by atoms with E-state index in [4.69, 9.17) is 5.26 Å². The highest BCUT2D eigenvalue weighted by Crippen LogP contribution is 2.36. The molecule has 1 aliphatic carbocycles. The average Bonchev–Trinajstić information content (AvgIpc) is 2.87. The largest absolute Gasteiger partial charge is 0.341 e. The highest BCUT2D eigenvalue weighted by atomic mass is 32.1. The van der Waals surface area contributed by atoms with Crippen molar-refractivity contribution < 1.29 is 4.79 Å². The topological polar surface area (TPSA) is 44.1 Å². The second-order valence-corrected chi connectivity index (χ2v) is 5.57. The molecule has 0 radical (unpaired) electrons. The molecule has 2 rings (SSSR count). The lowest BCUT2D eigenvalue weighted by molar-refractivity contribution is -0.132. The summed E-state index contributed by atoms with van der Waals surface area (Å²) in [6.07, 6.45) is 3.58. The minimum absolute atomic E-state index is 0.0265. The molecule has 1 heterocycles. The summed E-state index contributed by atoms with van der Waals surface area (Å²) in [5, 5.41) is 10.7. The van der Waals surface area contributed by atoms with Crippen LogP contribution in [0.25, 0.3) is 0 Å².